The van der Waals surface area contributed by atoms with Crippen molar-refractivity contribution in [3.63, 3.8) is 0 Å². The number of aryl methyl sites for hydroxylation is 1. The van der Waals surface area contributed by atoms with Gasteiger partial charge in [-0.2, -0.15) is 0 Å². The van der Waals surface area contributed by atoms with E-state index in [1.54, 1.807) is 7.11 Å². The number of thiazole rings is 1. The molecule has 0 fully saturated rings. The Kier molecular flexibility index (Phi) is 8.16. The zero-order valence-electron chi connectivity index (χ0n) is 17.4. The monoisotopic (exact) mass is 458 g/mol. The SMILES string of the molecule is COc1cccc(CCN(Cc2ccccc2)c2nc(C(=O)NCS(=O)[O-])c(C)s2)c1. The largest absolute Gasteiger partial charge is 0.771 e. The van der Waals surface area contributed by atoms with E-state index < -0.39 is 22.9 Å². The Labute approximate surface area is 188 Å². The molecule has 0 radical (unpaired) electrons. The van der Waals surface area contributed by atoms with Gasteiger partial charge in [-0.05, 0) is 47.7 Å². The highest BCUT2D eigenvalue weighted by atomic mass is 32.2. The first-order valence-electron chi connectivity index (χ1n) is 9.69. The Morgan fingerprint density at radius 1 is 1.19 bits per heavy atom. The Bertz CT molecular complexity index is 1040. The molecule has 2 aromatic carbocycles. The average Bonchev–Trinajstić information content (AvgIpc) is 3.17. The van der Waals surface area contributed by atoms with Crippen molar-refractivity contribution in [2.75, 3.05) is 24.4 Å². The number of nitrogens with one attached hydrogen (secondary N) is 1. The normalized spacial score (nSPS) is 11.7. The summed E-state index contributed by atoms with van der Waals surface area (Å²) in [6.45, 7) is 3.15. The molecule has 3 aromatic rings. The van der Waals surface area contributed by atoms with Crippen LogP contribution in [-0.4, -0.2) is 39.2 Å². The van der Waals surface area contributed by atoms with Gasteiger partial charge in [0.2, 0.25) is 0 Å². The molecule has 31 heavy (non-hydrogen) atoms. The van der Waals surface area contributed by atoms with Gasteiger partial charge in [0.05, 0.1) is 13.0 Å². The lowest BCUT2D eigenvalue weighted by Gasteiger charge is -2.22. The van der Waals surface area contributed by atoms with E-state index in [-0.39, 0.29) is 5.69 Å². The van der Waals surface area contributed by atoms with Crippen molar-refractivity contribution in [2.45, 2.75) is 19.9 Å². The molecule has 0 aliphatic rings. The number of methoxy groups -OCH3 is 1. The van der Waals surface area contributed by atoms with Crippen molar-refractivity contribution in [3.05, 3.63) is 76.3 Å². The molecule has 1 heterocycles. The highest BCUT2D eigenvalue weighted by Gasteiger charge is 2.19. The predicted octanol–water partition coefficient (Wildman–Crippen LogP) is 3.28. The van der Waals surface area contributed by atoms with E-state index >= 15 is 0 Å². The maximum atomic E-state index is 12.3. The number of rotatable bonds is 10. The van der Waals surface area contributed by atoms with E-state index in [1.807, 2.05) is 43.3 Å². The lowest BCUT2D eigenvalue weighted by atomic mass is 10.1. The topological polar surface area (TPSA) is 94.6 Å². The zero-order valence-corrected chi connectivity index (χ0v) is 19.0. The summed E-state index contributed by atoms with van der Waals surface area (Å²) in [7, 11) is 1.65. The van der Waals surface area contributed by atoms with Crippen LogP contribution in [0.15, 0.2) is 54.6 Å². The number of anilines is 1. The first-order valence-corrected chi connectivity index (χ1v) is 11.8. The molecule has 1 N–H and O–H groups in total. The molecule has 0 saturated heterocycles. The van der Waals surface area contributed by atoms with Gasteiger partial charge in [0.15, 0.2) is 5.13 Å². The van der Waals surface area contributed by atoms with Crippen molar-refractivity contribution in [2.24, 2.45) is 0 Å². The van der Waals surface area contributed by atoms with Crippen LogP contribution in [0.1, 0.15) is 26.5 Å². The lowest BCUT2D eigenvalue weighted by Crippen LogP contribution is -2.28. The van der Waals surface area contributed by atoms with Gasteiger partial charge in [0.25, 0.3) is 5.91 Å². The third kappa shape index (κ3) is 6.61. The van der Waals surface area contributed by atoms with Gasteiger partial charge >= 0.3 is 0 Å². The summed E-state index contributed by atoms with van der Waals surface area (Å²) in [6, 6.07) is 18.0. The second kappa shape index (κ2) is 11.0. The molecule has 7 nitrogen and oxygen atoms in total. The maximum Gasteiger partial charge on any atom is 0.271 e. The van der Waals surface area contributed by atoms with E-state index in [9.17, 15) is 13.6 Å². The van der Waals surface area contributed by atoms with Gasteiger partial charge in [0, 0.05) is 18.0 Å². The molecule has 0 bridgehead atoms. The lowest BCUT2D eigenvalue weighted by molar-refractivity contribution is 0.0955. The number of amides is 1. The summed E-state index contributed by atoms with van der Waals surface area (Å²) in [5.41, 5.74) is 2.53. The standard InChI is InChI=1S/C22H25N3O4S2/c1-16-20(21(26)23-15-31(27)28)24-22(30-16)25(14-18-7-4-3-5-8-18)12-11-17-9-6-10-19(13-17)29-2/h3-10,13H,11-12,14-15H2,1-2H3,(H,23,26)(H,27,28)/p-1. The Hall–Kier alpha value is -2.75. The summed E-state index contributed by atoms with van der Waals surface area (Å²) in [4.78, 5) is 19.8. The molecule has 0 aliphatic carbocycles. The van der Waals surface area contributed by atoms with Gasteiger partial charge in [-0.15, -0.1) is 11.3 Å². The summed E-state index contributed by atoms with van der Waals surface area (Å²) in [6.07, 6.45) is 0.777. The summed E-state index contributed by atoms with van der Waals surface area (Å²) in [5.74, 6) is -0.113. The van der Waals surface area contributed by atoms with E-state index in [2.05, 4.69) is 33.4 Å². The predicted molar refractivity (Wildman–Crippen MR) is 122 cm³/mol. The second-order valence-corrected chi connectivity index (χ2v) is 8.94. The average molecular weight is 459 g/mol. The minimum Gasteiger partial charge on any atom is -0.771 e. The maximum absolute atomic E-state index is 12.3. The highest BCUT2D eigenvalue weighted by molar-refractivity contribution is 7.79. The number of aromatic nitrogens is 1. The fourth-order valence-corrected chi connectivity index (χ4v) is 4.25. The molecule has 1 aromatic heterocycles. The number of carbonyl (C=O) groups is 1. The molecular weight excluding hydrogens is 434 g/mol. The molecular formula is C22H24N3O4S2-. The Morgan fingerprint density at radius 2 is 1.94 bits per heavy atom. The zero-order chi connectivity index (χ0) is 22.2. The van der Waals surface area contributed by atoms with Gasteiger partial charge < -0.3 is 19.5 Å². The van der Waals surface area contributed by atoms with Crippen LogP contribution in [0.5, 0.6) is 5.75 Å². The molecule has 3 rings (SSSR count). The van der Waals surface area contributed by atoms with Crippen molar-refractivity contribution >= 4 is 33.5 Å². The molecule has 0 spiro atoms. The van der Waals surface area contributed by atoms with E-state index in [0.29, 0.717) is 13.1 Å². The van der Waals surface area contributed by atoms with Gasteiger partial charge in [0.1, 0.15) is 11.4 Å². The van der Waals surface area contributed by atoms with Crippen LogP contribution in [0.25, 0.3) is 0 Å². The van der Waals surface area contributed by atoms with Gasteiger partial charge in [-0.25, -0.2) is 4.98 Å². The second-order valence-electron chi connectivity index (χ2n) is 6.86. The summed E-state index contributed by atoms with van der Waals surface area (Å²) >= 11 is -0.927. The van der Waals surface area contributed by atoms with Crippen LogP contribution in [0, 0.1) is 6.92 Å². The molecule has 9 heteroatoms. The minimum absolute atomic E-state index is 0.255. The van der Waals surface area contributed by atoms with Crippen LogP contribution in [-0.2, 0) is 24.0 Å². The first-order chi connectivity index (χ1) is 15.0. The Balaban J connectivity index is 1.81. The fraction of sp³-hybridized carbons (Fsp3) is 0.273. The fourth-order valence-electron chi connectivity index (χ4n) is 3.07. The number of hydrogen-bond acceptors (Lipinski definition) is 7. The molecule has 1 atom stereocenters. The smallest absolute Gasteiger partial charge is 0.271 e. The van der Waals surface area contributed by atoms with Crippen molar-refractivity contribution in [3.8, 4) is 5.75 Å². The Morgan fingerprint density at radius 3 is 2.65 bits per heavy atom. The summed E-state index contributed by atoms with van der Waals surface area (Å²) in [5, 5.41) is 3.09. The highest BCUT2D eigenvalue weighted by Crippen LogP contribution is 2.27. The van der Waals surface area contributed by atoms with Crippen LogP contribution in [0.4, 0.5) is 5.13 Å². The molecule has 1 amide bonds. The third-order valence-electron chi connectivity index (χ3n) is 4.64. The number of ether oxygens (including phenoxy) is 1. The van der Waals surface area contributed by atoms with Crippen LogP contribution in [0.3, 0.4) is 0 Å². The van der Waals surface area contributed by atoms with Crippen LogP contribution in [0.2, 0.25) is 0 Å². The van der Waals surface area contributed by atoms with Crippen LogP contribution < -0.4 is 15.0 Å². The molecule has 0 aliphatic heterocycles. The van der Waals surface area contributed by atoms with Crippen molar-refractivity contribution < 1.29 is 18.3 Å². The third-order valence-corrected chi connectivity index (χ3v) is 6.05. The van der Waals surface area contributed by atoms with Crippen molar-refractivity contribution in [1.29, 1.82) is 0 Å². The molecule has 0 saturated carbocycles. The van der Waals surface area contributed by atoms with E-state index in [4.69, 9.17) is 4.74 Å². The van der Waals surface area contributed by atoms with Crippen molar-refractivity contribution in [1.82, 2.24) is 10.3 Å². The minimum atomic E-state index is -2.35. The number of nitrogens with zero attached hydrogens (tertiary/aromatic N) is 2. The quantitative estimate of drug-likeness (QED) is 0.469. The van der Waals surface area contributed by atoms with E-state index in [1.165, 1.54) is 11.3 Å². The molecule has 164 valence electrons. The first kappa shape index (κ1) is 22.9. The summed E-state index contributed by atoms with van der Waals surface area (Å²) < 4.78 is 26.8. The number of benzene rings is 2. The number of carbonyl (C=O) groups excluding carboxylic acids is 1. The van der Waals surface area contributed by atoms with Crippen LogP contribution >= 0.6 is 11.3 Å². The van der Waals surface area contributed by atoms with Gasteiger partial charge in [-0.3, -0.25) is 9.00 Å². The van der Waals surface area contributed by atoms with Gasteiger partial charge in [-0.1, -0.05) is 42.5 Å². The number of hydrogen-bond donors (Lipinski definition) is 1. The molecule has 1 unspecified atom stereocenters. The van der Waals surface area contributed by atoms with E-state index in [0.717, 1.165) is 33.3 Å².